The van der Waals surface area contributed by atoms with Crippen molar-refractivity contribution < 1.29 is 0 Å². The van der Waals surface area contributed by atoms with Gasteiger partial charge < -0.3 is 0 Å². The van der Waals surface area contributed by atoms with Crippen LogP contribution in [0.15, 0.2) is 188 Å². The van der Waals surface area contributed by atoms with Crippen LogP contribution in [0.2, 0.25) is 0 Å². The molecule has 9 rings (SSSR count). The first-order valence-corrected chi connectivity index (χ1v) is 18.1. The Balaban J connectivity index is 1.17. The lowest BCUT2D eigenvalue weighted by Gasteiger charge is -2.27. The Morgan fingerprint density at radius 2 is 0.962 bits per heavy atom. The van der Waals surface area contributed by atoms with E-state index in [2.05, 4.69) is 153 Å². The highest BCUT2D eigenvalue weighted by atomic mass is 15.0. The molecule has 8 aromatic rings. The predicted molar refractivity (Wildman–Crippen MR) is 218 cm³/mol. The van der Waals surface area contributed by atoms with Gasteiger partial charge in [0.2, 0.25) is 0 Å². The number of rotatable bonds is 7. The zero-order chi connectivity index (χ0) is 35.6. The van der Waals surface area contributed by atoms with Crippen molar-refractivity contribution in [3.05, 3.63) is 199 Å². The van der Waals surface area contributed by atoms with E-state index in [1.807, 2.05) is 42.5 Å². The van der Waals surface area contributed by atoms with Crippen LogP contribution in [0.5, 0.6) is 0 Å². The molecular formula is C49H36N4. The maximum absolute atomic E-state index is 5.23. The van der Waals surface area contributed by atoms with Gasteiger partial charge in [-0.2, -0.15) is 0 Å². The van der Waals surface area contributed by atoms with E-state index >= 15 is 0 Å². The molecule has 2 aromatic heterocycles. The molecule has 4 heteroatoms. The van der Waals surface area contributed by atoms with E-state index in [1.54, 1.807) is 0 Å². The summed E-state index contributed by atoms with van der Waals surface area (Å²) in [6.45, 7) is 2.30. The van der Waals surface area contributed by atoms with Gasteiger partial charge in [-0.15, -0.1) is 0 Å². The third-order valence-electron chi connectivity index (χ3n) is 10.0. The average Bonchev–Trinajstić information content (AvgIpc) is 3.24. The van der Waals surface area contributed by atoms with Crippen molar-refractivity contribution in [1.29, 1.82) is 0 Å². The van der Waals surface area contributed by atoms with E-state index in [1.165, 1.54) is 21.9 Å². The smallest absolute Gasteiger partial charge is 0.164 e. The van der Waals surface area contributed by atoms with Crippen LogP contribution in [0.3, 0.4) is 0 Å². The summed E-state index contributed by atoms with van der Waals surface area (Å²) in [6.07, 6.45) is 6.97. The largest absolute Gasteiger partial charge is 0.248 e. The fourth-order valence-corrected chi connectivity index (χ4v) is 7.37. The molecule has 0 amide bonds. The van der Waals surface area contributed by atoms with Crippen molar-refractivity contribution in [2.24, 2.45) is 5.92 Å². The van der Waals surface area contributed by atoms with Crippen LogP contribution < -0.4 is 0 Å². The van der Waals surface area contributed by atoms with Crippen LogP contribution >= 0.6 is 0 Å². The number of benzene rings is 6. The van der Waals surface area contributed by atoms with Gasteiger partial charge in [0.15, 0.2) is 17.5 Å². The summed E-state index contributed by atoms with van der Waals surface area (Å²) in [5.74, 6) is 2.20. The molecule has 0 bridgehead atoms. The normalized spacial score (nSPS) is 15.3. The zero-order valence-corrected chi connectivity index (χ0v) is 29.3. The number of aromatic nitrogens is 4. The molecule has 0 radical (unpaired) electrons. The molecule has 0 fully saturated rings. The standard InChI is InChI=1S/C49H36N4/c1-33-30-39(45-32-40(34-16-6-2-7-17-34)31-44(50-45)36-19-8-3-9-20-36)27-28-41(33)46-42-25-15-14-18-35(42)26-29-43(46)49-52-47(37-21-10-4-11-22-37)51-48(53-49)38-23-12-5-13-24-38/h2-33,41H,1H3. The quantitative estimate of drug-likeness (QED) is 0.168. The van der Waals surface area contributed by atoms with E-state index in [-0.39, 0.29) is 11.8 Å². The Morgan fingerprint density at radius 1 is 0.434 bits per heavy atom. The van der Waals surface area contributed by atoms with Crippen molar-refractivity contribution in [1.82, 2.24) is 19.9 Å². The highest BCUT2D eigenvalue weighted by Crippen LogP contribution is 2.43. The molecule has 2 heterocycles. The maximum Gasteiger partial charge on any atom is 0.164 e. The molecule has 0 aliphatic heterocycles. The monoisotopic (exact) mass is 680 g/mol. The van der Waals surface area contributed by atoms with Gasteiger partial charge in [0.25, 0.3) is 0 Å². The van der Waals surface area contributed by atoms with Crippen LogP contribution in [0.1, 0.15) is 24.1 Å². The highest BCUT2D eigenvalue weighted by molar-refractivity contribution is 5.93. The van der Waals surface area contributed by atoms with E-state index in [0.29, 0.717) is 17.5 Å². The number of hydrogen-bond acceptors (Lipinski definition) is 4. The molecule has 0 saturated carbocycles. The molecular weight excluding hydrogens is 645 g/mol. The third kappa shape index (κ3) is 6.47. The van der Waals surface area contributed by atoms with Crippen LogP contribution in [0.4, 0.5) is 0 Å². The number of hydrogen-bond donors (Lipinski definition) is 0. The minimum Gasteiger partial charge on any atom is -0.248 e. The molecule has 4 nitrogen and oxygen atoms in total. The second-order valence-electron chi connectivity index (χ2n) is 13.5. The Morgan fingerprint density at radius 3 is 1.58 bits per heavy atom. The van der Waals surface area contributed by atoms with E-state index in [4.69, 9.17) is 19.9 Å². The first-order chi connectivity index (χ1) is 26.2. The van der Waals surface area contributed by atoms with Crippen molar-refractivity contribution in [3.8, 4) is 56.5 Å². The van der Waals surface area contributed by atoms with Crippen molar-refractivity contribution in [3.63, 3.8) is 0 Å². The summed E-state index contributed by atoms with van der Waals surface area (Å²) >= 11 is 0. The van der Waals surface area contributed by atoms with Crippen LogP contribution in [-0.2, 0) is 0 Å². The average molecular weight is 681 g/mol. The van der Waals surface area contributed by atoms with E-state index in [9.17, 15) is 0 Å². The molecule has 2 unspecified atom stereocenters. The van der Waals surface area contributed by atoms with Crippen LogP contribution in [-0.4, -0.2) is 19.9 Å². The minimum atomic E-state index is 0.0721. The number of nitrogens with zero attached hydrogens (tertiary/aromatic N) is 4. The summed E-state index contributed by atoms with van der Waals surface area (Å²) in [5.41, 5.74) is 10.6. The fourth-order valence-electron chi connectivity index (χ4n) is 7.37. The molecule has 1 aliphatic rings. The molecule has 0 spiro atoms. The van der Waals surface area contributed by atoms with Crippen molar-refractivity contribution in [2.45, 2.75) is 12.8 Å². The first-order valence-electron chi connectivity index (χ1n) is 18.1. The molecule has 6 aromatic carbocycles. The second-order valence-corrected chi connectivity index (χ2v) is 13.5. The lowest BCUT2D eigenvalue weighted by molar-refractivity contribution is 0.642. The summed E-state index contributed by atoms with van der Waals surface area (Å²) in [5, 5.41) is 2.38. The zero-order valence-electron chi connectivity index (χ0n) is 29.3. The minimum absolute atomic E-state index is 0.0721. The van der Waals surface area contributed by atoms with Gasteiger partial charge in [0.1, 0.15) is 0 Å². The number of fused-ring (bicyclic) bond motifs is 1. The molecule has 2 atom stereocenters. The topological polar surface area (TPSA) is 51.6 Å². The Bertz CT molecular complexity index is 2500. The van der Waals surface area contributed by atoms with Gasteiger partial charge in [-0.05, 0) is 51.1 Å². The SMILES string of the molecule is CC1C=C(c2cc(-c3ccccc3)cc(-c3ccccc3)n2)C=CC1c1c(-c2nc(-c3ccccc3)nc(-c3ccccc3)n2)ccc2ccccc12. The second kappa shape index (κ2) is 14.1. The summed E-state index contributed by atoms with van der Waals surface area (Å²) in [4.78, 5) is 20.5. The molecule has 53 heavy (non-hydrogen) atoms. The van der Waals surface area contributed by atoms with Crippen LogP contribution in [0, 0.1) is 5.92 Å². The van der Waals surface area contributed by atoms with Gasteiger partial charge in [-0.3, -0.25) is 0 Å². The van der Waals surface area contributed by atoms with Gasteiger partial charge in [0, 0.05) is 28.2 Å². The fraction of sp³-hybridized carbons (Fsp3) is 0.0612. The third-order valence-corrected chi connectivity index (χ3v) is 10.0. The maximum atomic E-state index is 5.23. The van der Waals surface area contributed by atoms with E-state index in [0.717, 1.165) is 44.8 Å². The summed E-state index contributed by atoms with van der Waals surface area (Å²) in [6, 6.07) is 58.7. The predicted octanol–water partition coefficient (Wildman–Crippen LogP) is 12.1. The van der Waals surface area contributed by atoms with Gasteiger partial charge in [0.05, 0.1) is 11.4 Å². The number of pyridine rings is 1. The first kappa shape index (κ1) is 32.1. The molecule has 0 saturated heterocycles. The van der Waals surface area contributed by atoms with Crippen molar-refractivity contribution >= 4 is 16.3 Å². The number of allylic oxidation sites excluding steroid dienone is 4. The Hall–Kier alpha value is -6.78. The Labute approximate surface area is 310 Å². The summed E-state index contributed by atoms with van der Waals surface area (Å²) < 4.78 is 0. The lowest BCUT2D eigenvalue weighted by Crippen LogP contribution is -2.12. The lowest BCUT2D eigenvalue weighted by atomic mass is 9.77. The summed E-state index contributed by atoms with van der Waals surface area (Å²) in [7, 11) is 0. The van der Waals surface area contributed by atoms with Gasteiger partial charge in [-0.1, -0.05) is 183 Å². The van der Waals surface area contributed by atoms with E-state index < -0.39 is 0 Å². The highest BCUT2D eigenvalue weighted by Gasteiger charge is 2.27. The Kier molecular flexibility index (Phi) is 8.55. The molecule has 252 valence electrons. The van der Waals surface area contributed by atoms with Gasteiger partial charge >= 0.3 is 0 Å². The van der Waals surface area contributed by atoms with Crippen molar-refractivity contribution in [2.75, 3.05) is 0 Å². The van der Waals surface area contributed by atoms with Gasteiger partial charge in [-0.25, -0.2) is 19.9 Å². The molecule has 1 aliphatic carbocycles. The van der Waals surface area contributed by atoms with Crippen LogP contribution in [0.25, 0.3) is 72.9 Å². The molecule has 0 N–H and O–H groups in total.